The largest absolute Gasteiger partial charge is 0.487 e. The fraction of sp³-hybridized carbons (Fsp3) is 0.0435. The summed E-state index contributed by atoms with van der Waals surface area (Å²) < 4.78 is 8.16. The third-order valence-corrected chi connectivity index (χ3v) is 5.79. The summed E-state index contributed by atoms with van der Waals surface area (Å²) in [6.45, 7) is 0.360. The Morgan fingerprint density at radius 3 is 2.23 bits per heavy atom. The Hall–Kier alpha value is -2.42. The third kappa shape index (κ3) is 6.53. The molecule has 0 fully saturated rings. The molecule has 5 nitrogen and oxygen atoms in total. The Morgan fingerprint density at radius 2 is 1.61 bits per heavy atom. The van der Waals surface area contributed by atoms with Crippen LogP contribution in [0.4, 0.5) is 0 Å². The Kier molecular flexibility index (Phi) is 8.06. The van der Waals surface area contributed by atoms with E-state index in [-0.39, 0.29) is 5.70 Å². The van der Waals surface area contributed by atoms with Gasteiger partial charge in [-0.05, 0) is 85.5 Å². The molecule has 158 valence electrons. The zero-order valence-electron chi connectivity index (χ0n) is 15.9. The first-order chi connectivity index (χ1) is 14.8. The van der Waals surface area contributed by atoms with E-state index in [1.165, 1.54) is 6.08 Å². The summed E-state index contributed by atoms with van der Waals surface area (Å²) >= 11 is 10.4. The minimum atomic E-state index is -1.24. The van der Waals surface area contributed by atoms with Crippen LogP contribution in [-0.4, -0.2) is 17.0 Å². The molecule has 0 aliphatic rings. The number of ether oxygens (including phenoxy) is 1. The number of carboxylic acid groups (broad SMARTS) is 1. The van der Waals surface area contributed by atoms with Crippen LogP contribution in [-0.2, 0) is 11.4 Å². The number of carbonyl (C=O) groups excluding carboxylic acids is 1. The topological polar surface area (TPSA) is 75.6 Å². The van der Waals surface area contributed by atoms with Crippen molar-refractivity contribution in [2.75, 3.05) is 0 Å². The lowest BCUT2D eigenvalue weighted by Crippen LogP contribution is -2.27. The second kappa shape index (κ2) is 10.7. The molecule has 0 atom stereocenters. The van der Waals surface area contributed by atoms with E-state index in [2.05, 4.69) is 53.1 Å². The lowest BCUT2D eigenvalue weighted by atomic mass is 10.1. The number of carbonyl (C=O) groups is 2. The monoisotopic (exact) mass is 607 g/mol. The summed E-state index contributed by atoms with van der Waals surface area (Å²) in [5, 5.41) is 12.0. The minimum Gasteiger partial charge on any atom is -0.487 e. The average Bonchev–Trinajstić information content (AvgIpc) is 2.73. The quantitative estimate of drug-likeness (QED) is 0.304. The van der Waals surface area contributed by atoms with E-state index in [9.17, 15) is 14.7 Å². The summed E-state index contributed by atoms with van der Waals surface area (Å²) in [5.41, 5.74) is 1.69. The van der Waals surface area contributed by atoms with E-state index >= 15 is 0 Å². The van der Waals surface area contributed by atoms with Gasteiger partial charge in [0.05, 0.1) is 8.95 Å². The lowest BCUT2D eigenvalue weighted by Gasteiger charge is -2.12. The number of carboxylic acids is 1. The van der Waals surface area contributed by atoms with Gasteiger partial charge < -0.3 is 15.2 Å². The molecule has 0 spiro atoms. The van der Waals surface area contributed by atoms with Crippen LogP contribution in [0.1, 0.15) is 21.5 Å². The molecule has 0 bridgehead atoms. The fourth-order valence-corrected chi connectivity index (χ4v) is 4.58. The second-order valence-electron chi connectivity index (χ2n) is 6.42. The zero-order valence-corrected chi connectivity index (χ0v) is 20.7. The van der Waals surface area contributed by atoms with Crippen molar-refractivity contribution in [1.29, 1.82) is 0 Å². The highest BCUT2D eigenvalue weighted by atomic mass is 79.9. The summed E-state index contributed by atoms with van der Waals surface area (Å²) in [4.78, 5) is 24.0. The Balaban J connectivity index is 1.80. The van der Waals surface area contributed by atoms with Gasteiger partial charge in [-0.25, -0.2) is 4.79 Å². The number of halogens is 3. The first kappa shape index (κ1) is 23.2. The molecule has 0 saturated heterocycles. The summed E-state index contributed by atoms with van der Waals surface area (Å²) in [6.07, 6.45) is 1.39. The summed E-state index contributed by atoms with van der Waals surface area (Å²) in [5.74, 6) is -1.16. The van der Waals surface area contributed by atoms with Gasteiger partial charge in [0.15, 0.2) is 0 Å². The van der Waals surface area contributed by atoms with Crippen molar-refractivity contribution in [3.63, 3.8) is 0 Å². The summed E-state index contributed by atoms with van der Waals surface area (Å²) in [7, 11) is 0. The van der Waals surface area contributed by atoms with Gasteiger partial charge in [0.2, 0.25) is 0 Å². The van der Waals surface area contributed by atoms with Gasteiger partial charge in [-0.15, -0.1) is 0 Å². The van der Waals surface area contributed by atoms with E-state index in [1.807, 2.05) is 24.3 Å². The SMILES string of the molecule is O=C(O)/C(=C\c1cc(Br)c(OCc2cccc(Br)c2)c(Br)c1)NC(=O)c1ccccc1. The third-order valence-electron chi connectivity index (χ3n) is 4.12. The van der Waals surface area contributed by atoms with Crippen molar-refractivity contribution in [2.24, 2.45) is 0 Å². The molecule has 0 unspecified atom stereocenters. The molecule has 0 saturated carbocycles. The van der Waals surface area contributed by atoms with Gasteiger partial charge in [-0.2, -0.15) is 0 Å². The number of aliphatic carboxylic acids is 1. The Labute approximate surface area is 204 Å². The van der Waals surface area contributed by atoms with Crippen molar-refractivity contribution < 1.29 is 19.4 Å². The zero-order chi connectivity index (χ0) is 22.4. The molecule has 0 radical (unpaired) electrons. The predicted molar refractivity (Wildman–Crippen MR) is 130 cm³/mol. The minimum absolute atomic E-state index is 0.240. The highest BCUT2D eigenvalue weighted by Crippen LogP contribution is 2.36. The van der Waals surface area contributed by atoms with Crippen LogP contribution in [0.15, 0.2) is 85.8 Å². The van der Waals surface area contributed by atoms with Gasteiger partial charge >= 0.3 is 5.97 Å². The van der Waals surface area contributed by atoms with E-state index in [0.717, 1.165) is 10.0 Å². The molecule has 31 heavy (non-hydrogen) atoms. The maximum atomic E-state index is 12.3. The maximum Gasteiger partial charge on any atom is 0.352 e. The van der Waals surface area contributed by atoms with Gasteiger partial charge in [-0.1, -0.05) is 46.3 Å². The smallest absolute Gasteiger partial charge is 0.352 e. The van der Waals surface area contributed by atoms with Crippen molar-refractivity contribution in [3.05, 3.63) is 103 Å². The molecule has 0 aliphatic heterocycles. The highest BCUT2D eigenvalue weighted by Gasteiger charge is 2.15. The van der Waals surface area contributed by atoms with Gasteiger partial charge in [0.1, 0.15) is 18.1 Å². The number of rotatable bonds is 7. The molecule has 0 heterocycles. The van der Waals surface area contributed by atoms with Gasteiger partial charge in [-0.3, -0.25) is 4.79 Å². The summed E-state index contributed by atoms with van der Waals surface area (Å²) in [6, 6.07) is 19.6. The van der Waals surface area contributed by atoms with Crippen LogP contribution < -0.4 is 10.1 Å². The molecule has 8 heteroatoms. The van der Waals surface area contributed by atoms with E-state index in [4.69, 9.17) is 4.74 Å². The van der Waals surface area contributed by atoms with Gasteiger partial charge in [0.25, 0.3) is 5.91 Å². The number of hydrogen-bond acceptors (Lipinski definition) is 3. The van der Waals surface area contributed by atoms with Crippen LogP contribution in [0.3, 0.4) is 0 Å². The van der Waals surface area contributed by atoms with Crippen molar-refractivity contribution in [3.8, 4) is 5.75 Å². The number of hydrogen-bond donors (Lipinski definition) is 2. The van der Waals surface area contributed by atoms with Crippen molar-refractivity contribution in [1.82, 2.24) is 5.32 Å². The lowest BCUT2D eigenvalue weighted by molar-refractivity contribution is -0.132. The second-order valence-corrected chi connectivity index (χ2v) is 9.04. The molecule has 3 aromatic rings. The molecular formula is C23H16Br3NO4. The first-order valence-electron chi connectivity index (χ1n) is 9.01. The highest BCUT2D eigenvalue weighted by molar-refractivity contribution is 9.11. The Bertz CT molecular complexity index is 1120. The van der Waals surface area contributed by atoms with Gasteiger partial charge in [0, 0.05) is 10.0 Å². The molecule has 1 amide bonds. The van der Waals surface area contributed by atoms with E-state index in [0.29, 0.717) is 32.4 Å². The van der Waals surface area contributed by atoms with Crippen molar-refractivity contribution in [2.45, 2.75) is 6.61 Å². The molecule has 0 aliphatic carbocycles. The molecular weight excluding hydrogens is 594 g/mol. The first-order valence-corrected chi connectivity index (χ1v) is 11.4. The Morgan fingerprint density at radius 1 is 0.935 bits per heavy atom. The van der Waals surface area contributed by atoms with Crippen LogP contribution in [0.2, 0.25) is 0 Å². The average molecular weight is 610 g/mol. The van der Waals surface area contributed by atoms with Crippen LogP contribution >= 0.6 is 47.8 Å². The number of benzene rings is 3. The molecule has 3 aromatic carbocycles. The maximum absolute atomic E-state index is 12.3. The van der Waals surface area contributed by atoms with E-state index in [1.54, 1.807) is 42.5 Å². The fourth-order valence-electron chi connectivity index (χ4n) is 2.68. The molecule has 0 aromatic heterocycles. The predicted octanol–water partition coefficient (Wildman–Crippen LogP) is 6.41. The number of nitrogens with one attached hydrogen (secondary N) is 1. The van der Waals surface area contributed by atoms with Crippen LogP contribution in [0, 0.1) is 0 Å². The van der Waals surface area contributed by atoms with Crippen LogP contribution in [0.5, 0.6) is 5.75 Å². The van der Waals surface area contributed by atoms with Crippen LogP contribution in [0.25, 0.3) is 6.08 Å². The van der Waals surface area contributed by atoms with Crippen molar-refractivity contribution >= 4 is 65.7 Å². The van der Waals surface area contributed by atoms with E-state index < -0.39 is 11.9 Å². The molecule has 3 rings (SSSR count). The standard InChI is InChI=1S/C23H16Br3NO4/c24-17-8-4-5-14(9-17)13-31-21-18(25)10-15(11-19(21)26)12-20(23(29)30)27-22(28)16-6-2-1-3-7-16/h1-12H,13H2,(H,27,28)(H,29,30)/b20-12+. The normalized spacial score (nSPS) is 11.1. The molecule has 2 N–H and O–H groups in total. The number of amides is 1.